The quantitative estimate of drug-likeness (QED) is 0.778. The Morgan fingerprint density at radius 1 is 1.35 bits per heavy atom. The highest BCUT2D eigenvalue weighted by molar-refractivity contribution is 5.59. The summed E-state index contributed by atoms with van der Waals surface area (Å²) in [6.45, 7) is 3.20. The van der Waals surface area contributed by atoms with Crippen molar-refractivity contribution in [3.8, 4) is 5.75 Å². The summed E-state index contributed by atoms with van der Waals surface area (Å²) in [6.07, 6.45) is 1.65. The van der Waals surface area contributed by atoms with Gasteiger partial charge in [0, 0.05) is 23.5 Å². The van der Waals surface area contributed by atoms with Crippen LogP contribution in [-0.4, -0.2) is 6.61 Å². The van der Waals surface area contributed by atoms with E-state index in [2.05, 4.69) is 5.32 Å². The van der Waals surface area contributed by atoms with Crippen LogP contribution in [0.2, 0.25) is 0 Å². The first-order valence-corrected chi connectivity index (χ1v) is 5.57. The van der Waals surface area contributed by atoms with Crippen molar-refractivity contribution >= 4 is 11.4 Å². The fraction of sp³-hybridized carbons (Fsp3) is 0.231. The van der Waals surface area contributed by atoms with Crippen LogP contribution in [0.3, 0.4) is 0 Å². The Labute approximate surface area is 100 Å². The molecule has 0 radical (unpaired) electrons. The summed E-state index contributed by atoms with van der Waals surface area (Å²) in [5, 5.41) is 3.23. The summed E-state index contributed by atoms with van der Waals surface area (Å²) in [6, 6.07) is 9.38. The molecule has 0 aliphatic heterocycles. The second-order valence-electron chi connectivity index (χ2n) is 3.66. The number of ether oxygens (including phenoxy) is 1. The first-order chi connectivity index (χ1) is 8.28. The lowest BCUT2D eigenvalue weighted by Gasteiger charge is -2.09. The molecule has 0 aliphatic rings. The summed E-state index contributed by atoms with van der Waals surface area (Å²) in [4.78, 5) is 0. The molecule has 17 heavy (non-hydrogen) atoms. The Hall–Kier alpha value is -2.10. The molecule has 2 rings (SSSR count). The van der Waals surface area contributed by atoms with Gasteiger partial charge in [0.1, 0.15) is 11.5 Å². The summed E-state index contributed by atoms with van der Waals surface area (Å²) in [7, 11) is 0. The van der Waals surface area contributed by atoms with Gasteiger partial charge in [-0.1, -0.05) is 0 Å². The molecule has 1 aromatic carbocycles. The Bertz CT molecular complexity index is 466. The van der Waals surface area contributed by atoms with E-state index in [0.717, 1.165) is 17.2 Å². The van der Waals surface area contributed by atoms with Crippen LogP contribution in [0.4, 0.5) is 11.4 Å². The van der Waals surface area contributed by atoms with Crippen molar-refractivity contribution in [2.75, 3.05) is 17.7 Å². The number of benzene rings is 1. The number of nitrogen functional groups attached to an aromatic ring is 1. The van der Waals surface area contributed by atoms with Crippen LogP contribution in [0.1, 0.15) is 12.7 Å². The fourth-order valence-corrected chi connectivity index (χ4v) is 1.58. The van der Waals surface area contributed by atoms with Crippen LogP contribution in [0.15, 0.2) is 41.0 Å². The van der Waals surface area contributed by atoms with Crippen LogP contribution in [0.5, 0.6) is 5.75 Å². The number of furan rings is 1. The normalized spacial score (nSPS) is 10.2. The molecule has 0 amide bonds. The average molecular weight is 232 g/mol. The first-order valence-electron chi connectivity index (χ1n) is 5.57. The lowest BCUT2D eigenvalue weighted by atomic mass is 10.2. The van der Waals surface area contributed by atoms with Crippen molar-refractivity contribution in [1.82, 2.24) is 0 Å². The molecule has 0 atom stereocenters. The van der Waals surface area contributed by atoms with Gasteiger partial charge in [-0.05, 0) is 25.1 Å². The predicted molar refractivity (Wildman–Crippen MR) is 68.1 cm³/mol. The standard InChI is InChI=1S/C13H16N2O2/c1-2-16-13-7-10(14)6-11(8-13)15-9-12-4-3-5-17-12/h3-8,15H,2,9,14H2,1H3. The van der Waals surface area contributed by atoms with Gasteiger partial charge in [-0.15, -0.1) is 0 Å². The van der Waals surface area contributed by atoms with Crippen molar-refractivity contribution in [2.45, 2.75) is 13.5 Å². The summed E-state index contributed by atoms with van der Waals surface area (Å²) < 4.78 is 10.7. The van der Waals surface area contributed by atoms with Gasteiger partial charge in [0.2, 0.25) is 0 Å². The smallest absolute Gasteiger partial charge is 0.123 e. The number of rotatable bonds is 5. The van der Waals surface area contributed by atoms with Crippen LogP contribution < -0.4 is 15.8 Å². The third-order valence-corrected chi connectivity index (χ3v) is 2.29. The van der Waals surface area contributed by atoms with Gasteiger partial charge in [0.25, 0.3) is 0 Å². The largest absolute Gasteiger partial charge is 0.494 e. The maximum Gasteiger partial charge on any atom is 0.123 e. The van der Waals surface area contributed by atoms with Crippen molar-refractivity contribution in [3.63, 3.8) is 0 Å². The summed E-state index contributed by atoms with van der Waals surface area (Å²) >= 11 is 0. The van der Waals surface area contributed by atoms with Gasteiger partial charge in [-0.3, -0.25) is 0 Å². The van der Waals surface area contributed by atoms with Gasteiger partial charge >= 0.3 is 0 Å². The van der Waals surface area contributed by atoms with Gasteiger partial charge in [-0.2, -0.15) is 0 Å². The number of hydrogen-bond donors (Lipinski definition) is 2. The van der Waals surface area contributed by atoms with Gasteiger partial charge in [0.05, 0.1) is 19.4 Å². The number of nitrogens with one attached hydrogen (secondary N) is 1. The van der Waals surface area contributed by atoms with Crippen LogP contribution >= 0.6 is 0 Å². The highest BCUT2D eigenvalue weighted by Crippen LogP contribution is 2.23. The first kappa shape index (κ1) is 11.4. The van der Waals surface area contributed by atoms with E-state index in [1.165, 1.54) is 0 Å². The van der Waals surface area contributed by atoms with E-state index in [1.807, 2.05) is 37.3 Å². The summed E-state index contributed by atoms with van der Waals surface area (Å²) in [5.74, 6) is 1.65. The van der Waals surface area contributed by atoms with Gasteiger partial charge in [0.15, 0.2) is 0 Å². The van der Waals surface area contributed by atoms with Gasteiger partial charge in [-0.25, -0.2) is 0 Å². The molecular weight excluding hydrogens is 216 g/mol. The third-order valence-electron chi connectivity index (χ3n) is 2.29. The molecule has 0 saturated heterocycles. The van der Waals surface area contributed by atoms with Crippen LogP contribution in [-0.2, 0) is 6.54 Å². The van der Waals surface area contributed by atoms with Crippen LogP contribution in [0.25, 0.3) is 0 Å². The minimum absolute atomic E-state index is 0.626. The molecule has 90 valence electrons. The number of nitrogens with two attached hydrogens (primary N) is 1. The Morgan fingerprint density at radius 3 is 2.94 bits per heavy atom. The van der Waals surface area contributed by atoms with E-state index in [1.54, 1.807) is 6.26 Å². The van der Waals surface area contributed by atoms with E-state index in [4.69, 9.17) is 14.9 Å². The summed E-state index contributed by atoms with van der Waals surface area (Å²) in [5.41, 5.74) is 7.39. The SMILES string of the molecule is CCOc1cc(N)cc(NCc2ccco2)c1. The monoisotopic (exact) mass is 232 g/mol. The maximum absolute atomic E-state index is 5.80. The minimum Gasteiger partial charge on any atom is -0.494 e. The highest BCUT2D eigenvalue weighted by atomic mass is 16.5. The topological polar surface area (TPSA) is 60.4 Å². The molecule has 0 aliphatic carbocycles. The molecule has 0 spiro atoms. The van der Waals surface area contributed by atoms with E-state index >= 15 is 0 Å². The average Bonchev–Trinajstić information content (AvgIpc) is 2.79. The zero-order valence-electron chi connectivity index (χ0n) is 9.77. The number of anilines is 2. The predicted octanol–water partition coefficient (Wildman–Crippen LogP) is 2.87. The minimum atomic E-state index is 0.626. The number of hydrogen-bond acceptors (Lipinski definition) is 4. The second kappa shape index (κ2) is 5.30. The molecule has 0 fully saturated rings. The molecule has 3 N–H and O–H groups in total. The lowest BCUT2D eigenvalue weighted by molar-refractivity contribution is 0.340. The zero-order chi connectivity index (χ0) is 12.1. The van der Waals surface area contributed by atoms with Crippen molar-refractivity contribution < 1.29 is 9.15 Å². The zero-order valence-corrected chi connectivity index (χ0v) is 9.77. The molecule has 4 nitrogen and oxygen atoms in total. The van der Waals surface area contributed by atoms with E-state index in [9.17, 15) is 0 Å². The van der Waals surface area contributed by atoms with Crippen LogP contribution in [0, 0.1) is 0 Å². The Kier molecular flexibility index (Phi) is 3.55. The Morgan fingerprint density at radius 2 is 2.24 bits per heavy atom. The molecule has 1 heterocycles. The Balaban J connectivity index is 2.04. The van der Waals surface area contributed by atoms with Crippen molar-refractivity contribution in [1.29, 1.82) is 0 Å². The lowest BCUT2D eigenvalue weighted by Crippen LogP contribution is -2.00. The van der Waals surface area contributed by atoms with E-state index < -0.39 is 0 Å². The van der Waals surface area contributed by atoms with E-state index in [0.29, 0.717) is 18.8 Å². The third kappa shape index (κ3) is 3.17. The van der Waals surface area contributed by atoms with Gasteiger partial charge < -0.3 is 20.2 Å². The fourth-order valence-electron chi connectivity index (χ4n) is 1.58. The molecule has 4 heteroatoms. The molecule has 1 aromatic heterocycles. The van der Waals surface area contributed by atoms with Crippen molar-refractivity contribution in [2.24, 2.45) is 0 Å². The molecule has 0 bridgehead atoms. The molecule has 0 unspecified atom stereocenters. The second-order valence-corrected chi connectivity index (χ2v) is 3.66. The molecule has 0 saturated carbocycles. The maximum atomic E-state index is 5.80. The van der Waals surface area contributed by atoms with E-state index in [-0.39, 0.29) is 0 Å². The molecular formula is C13H16N2O2. The van der Waals surface area contributed by atoms with Crippen molar-refractivity contribution in [3.05, 3.63) is 42.4 Å². The molecule has 2 aromatic rings. The highest BCUT2D eigenvalue weighted by Gasteiger charge is 2.01.